The Morgan fingerprint density at radius 2 is 1.93 bits per heavy atom. The van der Waals surface area contributed by atoms with Crippen molar-refractivity contribution in [1.29, 1.82) is 0 Å². The Morgan fingerprint density at radius 1 is 1.18 bits per heavy atom. The zero-order valence-corrected chi connectivity index (χ0v) is 18.4. The monoisotopic (exact) mass is 478 g/mol. The largest absolute Gasteiger partial charge is 0.349 e. The van der Waals surface area contributed by atoms with Crippen LogP contribution in [0.5, 0.6) is 0 Å². The SMILES string of the molecule is O=c1c2c3c(sc2nc(SCC2OCCO2)n1-c1ccc(Br)cc1)CCCC3. The van der Waals surface area contributed by atoms with Gasteiger partial charge in [-0.05, 0) is 55.5 Å². The van der Waals surface area contributed by atoms with Crippen LogP contribution in [0.15, 0.2) is 38.7 Å². The van der Waals surface area contributed by atoms with Crippen molar-refractivity contribution in [3.63, 3.8) is 0 Å². The summed E-state index contributed by atoms with van der Waals surface area (Å²) in [7, 11) is 0. The Morgan fingerprint density at radius 3 is 2.71 bits per heavy atom. The molecule has 2 aromatic heterocycles. The number of hydrogen-bond donors (Lipinski definition) is 0. The maximum atomic E-state index is 13.6. The first-order chi connectivity index (χ1) is 13.7. The second-order valence-electron chi connectivity index (χ2n) is 6.88. The van der Waals surface area contributed by atoms with E-state index in [0.29, 0.717) is 24.1 Å². The van der Waals surface area contributed by atoms with E-state index >= 15 is 0 Å². The topological polar surface area (TPSA) is 53.4 Å². The van der Waals surface area contributed by atoms with Crippen LogP contribution in [0, 0.1) is 0 Å². The summed E-state index contributed by atoms with van der Waals surface area (Å²) >= 11 is 6.67. The first kappa shape index (κ1) is 18.8. The molecule has 5 rings (SSSR count). The minimum atomic E-state index is -0.243. The van der Waals surface area contributed by atoms with Gasteiger partial charge in [-0.1, -0.05) is 27.7 Å². The molecule has 2 aliphatic rings. The molecule has 28 heavy (non-hydrogen) atoms. The smallest absolute Gasteiger partial charge is 0.267 e. The van der Waals surface area contributed by atoms with Crippen LogP contribution in [0.1, 0.15) is 23.3 Å². The number of benzene rings is 1. The van der Waals surface area contributed by atoms with Gasteiger partial charge in [-0.2, -0.15) is 0 Å². The summed E-state index contributed by atoms with van der Waals surface area (Å²) in [6.07, 6.45) is 4.12. The second kappa shape index (κ2) is 7.91. The summed E-state index contributed by atoms with van der Waals surface area (Å²) in [6, 6.07) is 7.80. The van der Waals surface area contributed by atoms with Gasteiger partial charge in [-0.3, -0.25) is 9.36 Å². The predicted molar refractivity (Wildman–Crippen MR) is 116 cm³/mol. The number of aryl methyl sites for hydroxylation is 2. The van der Waals surface area contributed by atoms with Gasteiger partial charge >= 0.3 is 0 Å². The van der Waals surface area contributed by atoms with Crippen molar-refractivity contribution < 1.29 is 9.47 Å². The number of ether oxygens (including phenoxy) is 2. The molecule has 3 aromatic rings. The third-order valence-electron chi connectivity index (χ3n) is 5.08. The number of aromatic nitrogens is 2. The van der Waals surface area contributed by atoms with Crippen molar-refractivity contribution >= 4 is 49.2 Å². The van der Waals surface area contributed by atoms with Crippen molar-refractivity contribution in [2.45, 2.75) is 37.1 Å². The van der Waals surface area contributed by atoms with Gasteiger partial charge in [0.25, 0.3) is 5.56 Å². The Bertz CT molecular complexity index is 1070. The number of thiophene rings is 1. The van der Waals surface area contributed by atoms with Crippen LogP contribution in [0.25, 0.3) is 15.9 Å². The van der Waals surface area contributed by atoms with Crippen molar-refractivity contribution in [2.24, 2.45) is 0 Å². The van der Waals surface area contributed by atoms with Crippen LogP contribution in [-0.4, -0.2) is 34.8 Å². The van der Waals surface area contributed by atoms with Gasteiger partial charge in [0.1, 0.15) is 4.83 Å². The van der Waals surface area contributed by atoms with Gasteiger partial charge in [0.15, 0.2) is 11.4 Å². The molecular weight excluding hydrogens is 460 g/mol. The lowest BCUT2D eigenvalue weighted by Gasteiger charge is -2.15. The molecule has 0 atom stereocenters. The number of hydrogen-bond acceptors (Lipinski definition) is 6. The van der Waals surface area contributed by atoms with E-state index in [-0.39, 0.29) is 11.8 Å². The van der Waals surface area contributed by atoms with Crippen LogP contribution in [0.3, 0.4) is 0 Å². The average molecular weight is 479 g/mol. The molecule has 1 aliphatic carbocycles. The Labute approximate surface area is 179 Å². The summed E-state index contributed by atoms with van der Waals surface area (Å²) in [5, 5.41) is 1.50. The fourth-order valence-corrected chi connectivity index (χ4v) is 6.27. The molecule has 0 saturated carbocycles. The zero-order chi connectivity index (χ0) is 19.1. The van der Waals surface area contributed by atoms with E-state index in [1.807, 2.05) is 24.3 Å². The molecule has 0 N–H and O–H groups in total. The highest BCUT2D eigenvalue weighted by atomic mass is 79.9. The normalized spacial score (nSPS) is 17.3. The molecule has 0 radical (unpaired) electrons. The molecule has 0 unspecified atom stereocenters. The average Bonchev–Trinajstić information content (AvgIpc) is 3.35. The highest BCUT2D eigenvalue weighted by Gasteiger charge is 2.24. The van der Waals surface area contributed by atoms with Crippen molar-refractivity contribution in [3.05, 3.63) is 49.5 Å². The zero-order valence-electron chi connectivity index (χ0n) is 15.2. The van der Waals surface area contributed by atoms with Crippen LogP contribution in [0.4, 0.5) is 0 Å². The van der Waals surface area contributed by atoms with Crippen molar-refractivity contribution in [2.75, 3.05) is 19.0 Å². The molecule has 0 spiro atoms. The molecule has 5 nitrogen and oxygen atoms in total. The molecule has 146 valence electrons. The lowest BCUT2D eigenvalue weighted by molar-refractivity contribution is -0.0215. The number of thioether (sulfide) groups is 1. The molecule has 0 bridgehead atoms. The van der Waals surface area contributed by atoms with Crippen LogP contribution in [0.2, 0.25) is 0 Å². The first-order valence-electron chi connectivity index (χ1n) is 9.40. The van der Waals surface area contributed by atoms with E-state index in [4.69, 9.17) is 14.5 Å². The lowest BCUT2D eigenvalue weighted by atomic mass is 9.97. The highest BCUT2D eigenvalue weighted by molar-refractivity contribution is 9.10. The number of halogens is 1. The molecule has 0 amide bonds. The second-order valence-corrected chi connectivity index (χ2v) is 9.87. The fraction of sp³-hybridized carbons (Fsp3) is 0.400. The first-order valence-corrected chi connectivity index (χ1v) is 12.0. The van der Waals surface area contributed by atoms with Crippen LogP contribution < -0.4 is 5.56 Å². The Hall–Kier alpha value is -1.19. The summed E-state index contributed by atoms with van der Waals surface area (Å²) in [6.45, 7) is 1.24. The Balaban J connectivity index is 1.65. The van der Waals surface area contributed by atoms with E-state index < -0.39 is 0 Å². The van der Waals surface area contributed by atoms with Gasteiger partial charge in [-0.15, -0.1) is 11.3 Å². The number of fused-ring (bicyclic) bond motifs is 3. The van der Waals surface area contributed by atoms with Gasteiger partial charge < -0.3 is 9.47 Å². The number of nitrogens with zero attached hydrogens (tertiary/aromatic N) is 2. The minimum absolute atomic E-state index is 0.0301. The molecule has 3 heterocycles. The molecule has 8 heteroatoms. The third-order valence-corrected chi connectivity index (χ3v) is 7.77. The van der Waals surface area contributed by atoms with Crippen LogP contribution >= 0.6 is 39.0 Å². The maximum absolute atomic E-state index is 13.6. The molecule has 1 aromatic carbocycles. The predicted octanol–water partition coefficient (Wildman–Crippen LogP) is 4.55. The van der Waals surface area contributed by atoms with E-state index in [0.717, 1.165) is 39.6 Å². The summed E-state index contributed by atoms with van der Waals surface area (Å²) in [5.74, 6) is 0.611. The molecule has 1 saturated heterocycles. The minimum Gasteiger partial charge on any atom is -0.349 e. The fourth-order valence-electron chi connectivity index (χ4n) is 3.75. The number of rotatable bonds is 4. The van der Waals surface area contributed by atoms with Crippen molar-refractivity contribution in [3.8, 4) is 5.69 Å². The van der Waals surface area contributed by atoms with E-state index in [1.165, 1.54) is 28.6 Å². The van der Waals surface area contributed by atoms with Gasteiger partial charge in [0, 0.05) is 9.35 Å². The summed E-state index contributed by atoms with van der Waals surface area (Å²) in [5.41, 5.74) is 2.07. The standard InChI is InChI=1S/C20H19BrN2O3S2/c21-12-5-7-13(8-6-12)23-19(24)17-14-3-1-2-4-15(14)28-18(17)22-20(23)27-11-16-25-9-10-26-16/h5-8,16H,1-4,9-11H2. The molecular formula is C20H19BrN2O3S2. The highest BCUT2D eigenvalue weighted by Crippen LogP contribution is 2.35. The third kappa shape index (κ3) is 3.45. The van der Waals surface area contributed by atoms with E-state index in [1.54, 1.807) is 15.9 Å². The Kier molecular flexibility index (Phi) is 5.32. The maximum Gasteiger partial charge on any atom is 0.267 e. The molecule has 1 fully saturated rings. The molecule has 1 aliphatic heterocycles. The van der Waals surface area contributed by atoms with E-state index in [9.17, 15) is 4.79 Å². The van der Waals surface area contributed by atoms with Crippen LogP contribution in [-0.2, 0) is 22.3 Å². The quantitative estimate of drug-likeness (QED) is 0.406. The summed E-state index contributed by atoms with van der Waals surface area (Å²) in [4.78, 5) is 20.7. The summed E-state index contributed by atoms with van der Waals surface area (Å²) < 4.78 is 13.8. The van der Waals surface area contributed by atoms with E-state index in [2.05, 4.69) is 15.9 Å². The van der Waals surface area contributed by atoms with Gasteiger partial charge in [0.2, 0.25) is 0 Å². The lowest BCUT2D eigenvalue weighted by Crippen LogP contribution is -2.23. The van der Waals surface area contributed by atoms with Gasteiger partial charge in [0.05, 0.1) is 30.0 Å². The van der Waals surface area contributed by atoms with Gasteiger partial charge in [-0.25, -0.2) is 4.98 Å². The van der Waals surface area contributed by atoms with Crippen molar-refractivity contribution in [1.82, 2.24) is 9.55 Å².